The minimum absolute atomic E-state index is 0.0269. The van der Waals surface area contributed by atoms with Crippen molar-refractivity contribution in [1.82, 2.24) is 10.2 Å². The molecule has 2 unspecified atom stereocenters. The SMILES string of the molecule is CN(C)c1cc(CNC(=O)C(C)(C)C)c(O)c2c1C[C@@H]1C[C@@H]3[C@@H](N(C)C)C(=O)C(C(N)=O)C(=O)[C@]3(O)C(=O)C1C2=O. The van der Waals surface area contributed by atoms with E-state index >= 15 is 0 Å². The molecule has 4 rings (SSSR count). The first-order valence-electron chi connectivity index (χ1n) is 13.5. The standard InChI is InChI=1S/C29H38N4O8/c1-28(2,3)27(40)31-11-13-10-16(32(4)5)14-8-12-9-15-20(33(6)7)23(36)19(26(30)39)25(38)29(15,41)24(37)17(12)22(35)18(14)21(13)34/h10,12,15,17,19-20,34,41H,8-9,11H2,1-7H3,(H2,30,39)(H,31,40)/t12-,15-,17?,19?,20-,29-/m1/s1. The minimum Gasteiger partial charge on any atom is -0.507 e. The summed E-state index contributed by atoms with van der Waals surface area (Å²) in [6.07, 6.45) is 0.127. The Kier molecular flexibility index (Phi) is 7.41. The predicted octanol–water partition coefficient (Wildman–Crippen LogP) is -0.405. The van der Waals surface area contributed by atoms with Gasteiger partial charge in [-0.1, -0.05) is 20.8 Å². The van der Waals surface area contributed by atoms with Crippen LogP contribution in [-0.2, 0) is 36.9 Å². The number of nitrogens with one attached hydrogen (secondary N) is 1. The zero-order valence-electron chi connectivity index (χ0n) is 24.4. The summed E-state index contributed by atoms with van der Waals surface area (Å²) in [7, 11) is 6.60. The largest absolute Gasteiger partial charge is 0.507 e. The van der Waals surface area contributed by atoms with Gasteiger partial charge in [0.1, 0.15) is 5.75 Å². The van der Waals surface area contributed by atoms with Gasteiger partial charge in [0.25, 0.3) is 0 Å². The fraction of sp³-hybridized carbons (Fsp3) is 0.586. The van der Waals surface area contributed by atoms with E-state index in [-0.39, 0.29) is 36.4 Å². The Hall–Kier alpha value is -3.64. The molecule has 12 nitrogen and oxygen atoms in total. The minimum atomic E-state index is -2.78. The maximum absolute atomic E-state index is 14.0. The summed E-state index contributed by atoms with van der Waals surface area (Å²) in [5, 5.41) is 25.7. The van der Waals surface area contributed by atoms with Crippen LogP contribution in [0.3, 0.4) is 0 Å². The van der Waals surface area contributed by atoms with Gasteiger partial charge in [-0.25, -0.2) is 0 Å². The molecule has 0 bridgehead atoms. The third-order valence-corrected chi connectivity index (χ3v) is 8.72. The van der Waals surface area contributed by atoms with Gasteiger partial charge in [0.05, 0.1) is 17.5 Å². The Balaban J connectivity index is 1.84. The molecule has 0 aromatic heterocycles. The second kappa shape index (κ2) is 10.0. The highest BCUT2D eigenvalue weighted by Crippen LogP contribution is 2.52. The summed E-state index contributed by atoms with van der Waals surface area (Å²) >= 11 is 0. The highest BCUT2D eigenvalue weighted by Gasteiger charge is 2.69. The predicted molar refractivity (Wildman–Crippen MR) is 147 cm³/mol. The number of hydrogen-bond acceptors (Lipinski definition) is 10. The zero-order chi connectivity index (χ0) is 30.9. The number of ketones is 4. The van der Waals surface area contributed by atoms with E-state index in [0.29, 0.717) is 11.3 Å². The average molecular weight is 571 g/mol. The number of phenolic OH excluding ortho intramolecular Hbond substituents is 1. The third kappa shape index (κ3) is 4.53. The molecular formula is C29H38N4O8. The number of aliphatic hydroxyl groups is 1. The Morgan fingerprint density at radius 2 is 1.71 bits per heavy atom. The fourth-order valence-corrected chi connectivity index (χ4v) is 6.68. The van der Waals surface area contributed by atoms with Crippen LogP contribution in [0.15, 0.2) is 6.07 Å². The molecule has 6 atom stereocenters. The Bertz CT molecular complexity index is 1380. The van der Waals surface area contributed by atoms with Gasteiger partial charge >= 0.3 is 0 Å². The summed E-state index contributed by atoms with van der Waals surface area (Å²) < 4.78 is 0. The molecule has 0 radical (unpaired) electrons. The van der Waals surface area contributed by atoms with E-state index < -0.39 is 75.5 Å². The van der Waals surface area contributed by atoms with Crippen LogP contribution in [0.2, 0.25) is 0 Å². The van der Waals surface area contributed by atoms with Gasteiger partial charge in [-0.15, -0.1) is 0 Å². The quantitative estimate of drug-likeness (QED) is 0.339. The molecule has 3 aliphatic carbocycles. The van der Waals surface area contributed by atoms with Gasteiger partial charge in [-0.05, 0) is 44.5 Å². The van der Waals surface area contributed by atoms with Crippen LogP contribution in [0.1, 0.15) is 48.7 Å². The normalized spacial score (nSPS) is 29.5. The zero-order valence-corrected chi connectivity index (χ0v) is 24.4. The molecular weight excluding hydrogens is 532 g/mol. The second-order valence-electron chi connectivity index (χ2n) is 12.9. The van der Waals surface area contributed by atoms with Gasteiger partial charge in [0.2, 0.25) is 11.8 Å². The van der Waals surface area contributed by atoms with Crippen molar-refractivity contribution in [2.24, 2.45) is 34.8 Å². The Labute approximate surface area is 238 Å². The summed E-state index contributed by atoms with van der Waals surface area (Å²) in [4.78, 5) is 82.5. The van der Waals surface area contributed by atoms with Gasteiger partial charge in [0, 0.05) is 43.2 Å². The molecule has 3 aliphatic rings. The summed E-state index contributed by atoms with van der Waals surface area (Å²) in [5.41, 5.74) is 3.13. The van der Waals surface area contributed by atoms with Gasteiger partial charge in [0.15, 0.2) is 34.7 Å². The van der Waals surface area contributed by atoms with E-state index in [4.69, 9.17) is 5.73 Å². The van der Waals surface area contributed by atoms with E-state index in [2.05, 4.69) is 5.32 Å². The number of anilines is 1. The first-order valence-corrected chi connectivity index (χ1v) is 13.5. The van der Waals surface area contributed by atoms with Gasteiger partial charge < -0.3 is 26.2 Å². The van der Waals surface area contributed by atoms with E-state index in [1.54, 1.807) is 45.8 Å². The van der Waals surface area contributed by atoms with Crippen molar-refractivity contribution in [2.75, 3.05) is 33.1 Å². The Morgan fingerprint density at radius 3 is 2.22 bits per heavy atom. The van der Waals surface area contributed by atoms with Crippen LogP contribution in [0, 0.1) is 29.1 Å². The highest BCUT2D eigenvalue weighted by molar-refractivity contribution is 6.32. The fourth-order valence-electron chi connectivity index (χ4n) is 6.68. The summed E-state index contributed by atoms with van der Waals surface area (Å²) in [6.45, 7) is 5.13. The summed E-state index contributed by atoms with van der Waals surface area (Å²) in [5.74, 6) is -11.3. The van der Waals surface area contributed by atoms with Crippen molar-refractivity contribution >= 4 is 40.6 Å². The first kappa shape index (κ1) is 30.3. The van der Waals surface area contributed by atoms with Gasteiger partial charge in [-0.3, -0.25) is 33.7 Å². The van der Waals surface area contributed by atoms with E-state index in [1.165, 1.54) is 19.0 Å². The monoisotopic (exact) mass is 570 g/mol. The van der Waals surface area contributed by atoms with E-state index in [0.717, 1.165) is 0 Å². The molecule has 2 amide bonds. The molecule has 2 saturated carbocycles. The van der Waals surface area contributed by atoms with Crippen molar-refractivity contribution in [3.05, 3.63) is 22.8 Å². The van der Waals surface area contributed by atoms with Crippen LogP contribution >= 0.6 is 0 Å². The molecule has 0 heterocycles. The van der Waals surface area contributed by atoms with Crippen LogP contribution in [0.5, 0.6) is 5.75 Å². The number of hydrogen-bond donors (Lipinski definition) is 4. The maximum atomic E-state index is 14.0. The number of fused-ring (bicyclic) bond motifs is 3. The molecule has 12 heteroatoms. The van der Waals surface area contributed by atoms with Gasteiger partial charge in [-0.2, -0.15) is 0 Å². The number of primary amides is 1. The average Bonchev–Trinajstić information content (AvgIpc) is 2.84. The van der Waals surface area contributed by atoms with Crippen LogP contribution < -0.4 is 16.0 Å². The summed E-state index contributed by atoms with van der Waals surface area (Å²) in [6, 6.07) is 0.520. The third-order valence-electron chi connectivity index (χ3n) is 8.72. The second-order valence-corrected chi connectivity index (χ2v) is 12.9. The van der Waals surface area contributed by atoms with Crippen molar-refractivity contribution < 1.29 is 39.0 Å². The smallest absolute Gasteiger partial charge is 0.235 e. The lowest BCUT2D eigenvalue weighted by Gasteiger charge is -2.52. The molecule has 0 aliphatic heterocycles. The molecule has 0 spiro atoms. The van der Waals surface area contributed by atoms with Crippen molar-refractivity contribution in [3.8, 4) is 5.75 Å². The Morgan fingerprint density at radius 1 is 1.10 bits per heavy atom. The topological polar surface area (TPSA) is 187 Å². The number of nitrogens with two attached hydrogens (primary N) is 1. The van der Waals surface area contributed by atoms with Crippen molar-refractivity contribution in [3.63, 3.8) is 0 Å². The number of Topliss-reactive ketones (excluding diaryl/α,β-unsaturated/α-hetero) is 4. The lowest BCUT2D eigenvalue weighted by molar-refractivity contribution is -0.181. The number of carbonyl (C=O) groups is 6. The number of nitrogens with zero attached hydrogens (tertiary/aromatic N) is 2. The maximum Gasteiger partial charge on any atom is 0.235 e. The molecule has 1 aromatic carbocycles. The number of likely N-dealkylation sites (N-methyl/N-ethyl adjacent to an activating group) is 1. The van der Waals surface area contributed by atoms with E-state index in [9.17, 15) is 39.0 Å². The molecule has 1 aromatic rings. The number of rotatable bonds is 5. The van der Waals surface area contributed by atoms with E-state index in [1.807, 2.05) is 0 Å². The van der Waals surface area contributed by atoms with Crippen LogP contribution in [0.25, 0.3) is 0 Å². The van der Waals surface area contributed by atoms with Crippen molar-refractivity contribution in [2.45, 2.75) is 51.8 Å². The molecule has 41 heavy (non-hydrogen) atoms. The molecule has 222 valence electrons. The number of carbonyl (C=O) groups excluding carboxylic acids is 6. The number of phenols is 1. The molecule has 0 saturated heterocycles. The highest BCUT2D eigenvalue weighted by atomic mass is 16.3. The first-order chi connectivity index (χ1) is 18.8. The molecule has 5 N–H and O–H groups in total. The lowest BCUT2D eigenvalue weighted by atomic mass is 9.52. The lowest BCUT2D eigenvalue weighted by Crippen LogP contribution is -2.74. The number of amides is 2. The van der Waals surface area contributed by atoms with Crippen molar-refractivity contribution in [1.29, 1.82) is 0 Å². The molecule has 2 fully saturated rings. The number of aromatic hydroxyl groups is 1. The van der Waals surface area contributed by atoms with Crippen LogP contribution in [0.4, 0.5) is 5.69 Å². The number of benzene rings is 1. The van der Waals surface area contributed by atoms with Crippen LogP contribution in [-0.4, -0.2) is 89.9 Å².